The maximum atomic E-state index is 14.6. The Balaban J connectivity index is 1.23. The van der Waals surface area contributed by atoms with Gasteiger partial charge in [0.05, 0.1) is 101 Å². The number of fused-ring (bicyclic) bond motifs is 2. The summed E-state index contributed by atoms with van der Waals surface area (Å²) < 4.78 is 117. The minimum absolute atomic E-state index is 0.0230. The van der Waals surface area contributed by atoms with Crippen LogP contribution in [-0.4, -0.2) is 185 Å². The number of hydrogen-bond acceptors (Lipinski definition) is 19. The monoisotopic (exact) mass is 1220 g/mol. The van der Waals surface area contributed by atoms with Crippen molar-refractivity contribution >= 4 is 93.8 Å². The predicted molar refractivity (Wildman–Crippen MR) is 297 cm³/mol. The number of carbonyl (C=O) groups excluding carboxylic acids is 7. The van der Waals surface area contributed by atoms with E-state index in [1.807, 2.05) is 21.1 Å². The molecule has 3 aromatic carbocycles. The molecule has 0 spiro atoms. The van der Waals surface area contributed by atoms with Crippen molar-refractivity contribution in [3.05, 3.63) is 76.9 Å². The van der Waals surface area contributed by atoms with E-state index >= 15 is 0 Å². The Bertz CT molecular complexity index is 3370. The third kappa shape index (κ3) is 22.1. The van der Waals surface area contributed by atoms with Crippen LogP contribution in [0.2, 0.25) is 0 Å². The number of carbonyl (C=O) groups is 7. The van der Waals surface area contributed by atoms with Gasteiger partial charge in [0.25, 0.3) is 17.7 Å². The van der Waals surface area contributed by atoms with Crippen LogP contribution >= 0.6 is 0 Å². The van der Waals surface area contributed by atoms with Gasteiger partial charge in [-0.3, -0.25) is 19.2 Å². The van der Waals surface area contributed by atoms with Gasteiger partial charge in [0, 0.05) is 119 Å². The molecule has 1 aliphatic rings. The quantitative estimate of drug-likeness (QED) is 0.00900. The number of rotatable bonds is 33. The molecule has 1 unspecified atom stereocenters. The number of hydroxylamine groups is 2. The summed E-state index contributed by atoms with van der Waals surface area (Å²) in [5.41, 5.74) is 2.11. The normalized spacial score (nSPS) is 13.9. The fourth-order valence-electron chi connectivity index (χ4n) is 9.78. The second kappa shape index (κ2) is 29.7. The molecule has 26 nitrogen and oxygen atoms in total. The second-order valence-electron chi connectivity index (χ2n) is 21.5. The van der Waals surface area contributed by atoms with Gasteiger partial charge in [0.15, 0.2) is 6.54 Å². The van der Waals surface area contributed by atoms with E-state index in [9.17, 15) is 72.5 Å². The number of benzene rings is 3. The summed E-state index contributed by atoms with van der Waals surface area (Å²) in [4.78, 5) is 94.1. The Morgan fingerprint density at radius 1 is 0.614 bits per heavy atom. The highest BCUT2D eigenvalue weighted by molar-refractivity contribution is 7.86. The molecule has 29 heteroatoms. The van der Waals surface area contributed by atoms with Crippen molar-refractivity contribution in [3.8, 4) is 11.5 Å². The lowest BCUT2D eigenvalue weighted by atomic mass is 10.0. The van der Waals surface area contributed by atoms with Gasteiger partial charge in [0.1, 0.15) is 11.5 Å². The SMILES string of the molecule is Cc1cc(C(=O)NCCC[N+](C)(CCCNC(=O)CCCC(=O)ON2C(=O)CCC2=O)CCCS(=O)(=O)[O-])cc(C)c1OC(=O)c1c2ccccc2[n+](CCCS(=O)(=O)[O-])c2ccc(OC(=O)NCCC[N+](C)(C)CCCS(=O)(=O)[O-])cc12. The first kappa shape index (κ1) is 67.1. The van der Waals surface area contributed by atoms with Crippen molar-refractivity contribution in [2.24, 2.45) is 0 Å². The van der Waals surface area contributed by atoms with Crippen molar-refractivity contribution in [2.75, 3.05) is 90.8 Å². The number of amides is 5. The minimum atomic E-state index is -4.57. The number of quaternary nitrogens is 2. The number of esters is 1. The van der Waals surface area contributed by atoms with E-state index in [1.54, 1.807) is 60.9 Å². The lowest BCUT2D eigenvalue weighted by Crippen LogP contribution is -2.48. The van der Waals surface area contributed by atoms with Gasteiger partial charge in [-0.25, -0.2) is 39.6 Å². The molecule has 2 heterocycles. The number of pyridine rings is 1. The van der Waals surface area contributed by atoms with Crippen molar-refractivity contribution in [1.29, 1.82) is 0 Å². The van der Waals surface area contributed by atoms with Gasteiger partial charge in [-0.05, 0) is 61.7 Å². The Labute approximate surface area is 483 Å². The minimum Gasteiger partial charge on any atom is -0.748 e. The average molecular weight is 1220 g/mol. The first-order valence-corrected chi connectivity index (χ1v) is 31.8. The fourth-order valence-corrected chi connectivity index (χ4v) is 11.2. The predicted octanol–water partition coefficient (Wildman–Crippen LogP) is 2.33. The first-order valence-electron chi connectivity index (χ1n) is 27.1. The average Bonchev–Trinajstić information content (AvgIpc) is 3.90. The lowest BCUT2D eigenvalue weighted by Gasteiger charge is -2.35. The van der Waals surface area contributed by atoms with Crippen LogP contribution in [0.15, 0.2) is 54.6 Å². The van der Waals surface area contributed by atoms with Crippen LogP contribution in [0.25, 0.3) is 21.8 Å². The zero-order valence-corrected chi connectivity index (χ0v) is 49.7. The van der Waals surface area contributed by atoms with Crippen molar-refractivity contribution in [2.45, 2.75) is 91.0 Å². The smallest absolute Gasteiger partial charge is 0.412 e. The summed E-state index contributed by atoms with van der Waals surface area (Å²) in [5.74, 6) is -5.12. The molecule has 83 heavy (non-hydrogen) atoms. The zero-order chi connectivity index (χ0) is 61.3. The fraction of sp³-hybridized carbons (Fsp3) is 0.519. The Kier molecular flexibility index (Phi) is 24.0. The van der Waals surface area contributed by atoms with Crippen LogP contribution < -0.4 is 30.0 Å². The van der Waals surface area contributed by atoms with Crippen LogP contribution in [0.4, 0.5) is 4.79 Å². The van der Waals surface area contributed by atoms with E-state index < -0.39 is 83.4 Å². The molecule has 3 N–H and O–H groups in total. The molecule has 4 aromatic rings. The standard InChI is InChI=1S/C54H73N7O19S3/c1-38-35-40(52(66)56-24-11-30-61(5,31-14-34-83(75,76)77)29-10-23-55-46(62)17-8-18-49(65)80-59-47(63)21-22-48(59)64)36-39(2)51(38)79-53(67)50-42-15-6-7-16-44(42)58(26-12-32-81(69,70)71)45-20-19-41(37-43(45)50)78-54(68)57-25-9-27-60(3,4)28-13-33-82(72,73)74/h6-7,15-16,19-20,35-37H,8-14,17-18,21-34H2,1-5H3,(H3-3,55,56,57,62,66,68,69,70,71,72,73,74,75,76,77). The largest absolute Gasteiger partial charge is 0.748 e. The summed E-state index contributed by atoms with van der Waals surface area (Å²) in [6, 6.07) is 14.5. The van der Waals surface area contributed by atoms with Crippen LogP contribution in [0, 0.1) is 13.8 Å². The van der Waals surface area contributed by atoms with E-state index in [0.717, 1.165) is 0 Å². The molecule has 5 rings (SSSR count). The molecule has 0 bridgehead atoms. The molecule has 0 radical (unpaired) electrons. The summed E-state index contributed by atoms with van der Waals surface area (Å²) >= 11 is 0. The lowest BCUT2D eigenvalue weighted by molar-refractivity contribution is -0.909. The van der Waals surface area contributed by atoms with Crippen LogP contribution in [-0.2, 0) is 60.9 Å². The molecule has 0 saturated carbocycles. The van der Waals surface area contributed by atoms with E-state index in [1.165, 1.54) is 12.1 Å². The molecule has 1 fully saturated rings. The number of nitrogens with zero attached hydrogens (tertiary/aromatic N) is 4. The Morgan fingerprint density at radius 3 is 1.77 bits per heavy atom. The van der Waals surface area contributed by atoms with Gasteiger partial charge in [-0.15, -0.1) is 5.06 Å². The first-order chi connectivity index (χ1) is 38.8. The van der Waals surface area contributed by atoms with Crippen molar-refractivity contribution < 1.29 is 100 Å². The molecular formula is C54H73N7O19S3. The third-order valence-corrected chi connectivity index (χ3v) is 16.3. The maximum absolute atomic E-state index is 14.6. The molecule has 1 saturated heterocycles. The van der Waals surface area contributed by atoms with E-state index in [4.69, 9.17) is 14.3 Å². The molecule has 0 aliphatic carbocycles. The van der Waals surface area contributed by atoms with Crippen LogP contribution in [0.1, 0.15) is 102 Å². The maximum Gasteiger partial charge on any atom is 0.412 e. The highest BCUT2D eigenvalue weighted by atomic mass is 32.2. The van der Waals surface area contributed by atoms with Crippen molar-refractivity contribution in [3.63, 3.8) is 0 Å². The number of para-hydroxylation sites is 1. The molecule has 1 aliphatic heterocycles. The van der Waals surface area contributed by atoms with E-state index in [-0.39, 0.29) is 111 Å². The Hall–Kier alpha value is -6.73. The molecule has 5 amide bonds. The molecule has 1 aromatic heterocycles. The third-order valence-electron chi connectivity index (χ3n) is 13.9. The van der Waals surface area contributed by atoms with Gasteiger partial charge >= 0.3 is 18.0 Å². The summed E-state index contributed by atoms with van der Waals surface area (Å²) in [5, 5.41) is 9.43. The number of ether oxygens (including phenoxy) is 2. The van der Waals surface area contributed by atoms with Gasteiger partial charge in [-0.2, -0.15) is 4.57 Å². The van der Waals surface area contributed by atoms with E-state index in [2.05, 4.69) is 16.0 Å². The van der Waals surface area contributed by atoms with Crippen LogP contribution in [0.5, 0.6) is 11.5 Å². The number of aryl methyl sites for hydroxylation is 3. The number of imide groups is 1. The molecular weight excluding hydrogens is 1150 g/mol. The summed E-state index contributed by atoms with van der Waals surface area (Å²) in [6.07, 6.45) is 0.595. The van der Waals surface area contributed by atoms with Gasteiger partial charge < -0.3 is 52.9 Å². The van der Waals surface area contributed by atoms with E-state index in [0.29, 0.717) is 93.6 Å². The summed E-state index contributed by atoms with van der Waals surface area (Å²) in [6.45, 7) is 6.23. The number of nitrogens with one attached hydrogen (secondary N) is 3. The van der Waals surface area contributed by atoms with Crippen molar-refractivity contribution in [1.82, 2.24) is 21.0 Å². The van der Waals surface area contributed by atoms with Crippen LogP contribution in [0.3, 0.4) is 0 Å². The topological polar surface area (TPSA) is 362 Å². The Morgan fingerprint density at radius 2 is 1.14 bits per heavy atom. The number of aromatic nitrogens is 1. The highest BCUT2D eigenvalue weighted by Crippen LogP contribution is 2.32. The number of hydrogen-bond donors (Lipinski definition) is 3. The second-order valence-corrected chi connectivity index (χ2v) is 26.0. The highest BCUT2D eigenvalue weighted by Gasteiger charge is 2.33. The van der Waals surface area contributed by atoms with Gasteiger partial charge in [0.2, 0.25) is 16.9 Å². The molecule has 456 valence electrons. The zero-order valence-electron chi connectivity index (χ0n) is 47.2. The summed E-state index contributed by atoms with van der Waals surface area (Å²) in [7, 11) is -7.77. The van der Waals surface area contributed by atoms with Gasteiger partial charge in [-0.1, -0.05) is 12.1 Å². The molecule has 1 atom stereocenters.